The maximum absolute atomic E-state index is 12.9. The molecule has 28 heavy (non-hydrogen) atoms. The van der Waals surface area contributed by atoms with E-state index in [0.29, 0.717) is 6.61 Å². The molecular formula is C21H27N5O2. The predicted octanol–water partition coefficient (Wildman–Crippen LogP) is 1.74. The average molecular weight is 381 g/mol. The van der Waals surface area contributed by atoms with Gasteiger partial charge >= 0.3 is 0 Å². The van der Waals surface area contributed by atoms with Crippen LogP contribution in [0.25, 0.3) is 0 Å². The smallest absolute Gasteiger partial charge is 0.241 e. The van der Waals surface area contributed by atoms with Gasteiger partial charge in [0.25, 0.3) is 0 Å². The summed E-state index contributed by atoms with van der Waals surface area (Å²) in [5, 5.41) is 0. The fraction of sp³-hybridized carbons (Fsp3) is 0.429. The fourth-order valence-corrected chi connectivity index (χ4v) is 3.82. The summed E-state index contributed by atoms with van der Waals surface area (Å²) in [6.45, 7) is 5.70. The van der Waals surface area contributed by atoms with Crippen LogP contribution in [-0.4, -0.2) is 54.6 Å². The topological polar surface area (TPSA) is 69.7 Å². The highest BCUT2D eigenvalue weighted by molar-refractivity contribution is 5.82. The molecular weight excluding hydrogens is 354 g/mol. The molecule has 2 aliphatic heterocycles. The molecule has 2 atom stereocenters. The van der Waals surface area contributed by atoms with Crippen molar-refractivity contribution >= 4 is 11.7 Å². The van der Waals surface area contributed by atoms with Crippen molar-refractivity contribution in [3.63, 3.8) is 0 Å². The molecule has 1 amide bonds. The Kier molecular flexibility index (Phi) is 5.73. The molecule has 3 heterocycles. The van der Waals surface area contributed by atoms with Crippen LogP contribution in [0.5, 0.6) is 5.75 Å². The minimum atomic E-state index is -0.196. The molecule has 2 fully saturated rings. The number of carbonyl (C=O) groups is 1. The zero-order valence-corrected chi connectivity index (χ0v) is 16.2. The molecule has 148 valence electrons. The van der Waals surface area contributed by atoms with Crippen LogP contribution >= 0.6 is 0 Å². The molecule has 7 nitrogen and oxygen atoms in total. The van der Waals surface area contributed by atoms with E-state index >= 15 is 0 Å². The van der Waals surface area contributed by atoms with E-state index in [9.17, 15) is 4.79 Å². The zero-order chi connectivity index (χ0) is 19.3. The standard InChI is InChI=1S/C21H27N5O2/c1-2-28-17-8-6-16(7-9-17)18-15-19(24-23-18)21(27)26-13-11-25(12-14-26)20-5-3-4-10-22-20/h3-10,18-19,23-24H,2,11-15H2,1H3. The van der Waals surface area contributed by atoms with Crippen LogP contribution < -0.4 is 20.5 Å². The molecule has 2 aliphatic rings. The minimum Gasteiger partial charge on any atom is -0.494 e. The minimum absolute atomic E-state index is 0.124. The third-order valence-corrected chi connectivity index (χ3v) is 5.36. The summed E-state index contributed by atoms with van der Waals surface area (Å²) in [6, 6.07) is 13.9. The van der Waals surface area contributed by atoms with Gasteiger partial charge in [0.05, 0.1) is 6.61 Å². The van der Waals surface area contributed by atoms with Gasteiger partial charge in [-0.15, -0.1) is 0 Å². The van der Waals surface area contributed by atoms with E-state index in [4.69, 9.17) is 4.74 Å². The van der Waals surface area contributed by atoms with E-state index in [1.54, 1.807) is 0 Å². The fourth-order valence-electron chi connectivity index (χ4n) is 3.82. The Balaban J connectivity index is 1.30. The number of hydrogen-bond donors (Lipinski definition) is 2. The number of benzene rings is 1. The first-order valence-electron chi connectivity index (χ1n) is 9.93. The highest BCUT2D eigenvalue weighted by atomic mass is 16.5. The van der Waals surface area contributed by atoms with Gasteiger partial charge in [-0.25, -0.2) is 15.8 Å². The number of hydrazine groups is 1. The number of ether oxygens (including phenoxy) is 1. The van der Waals surface area contributed by atoms with Gasteiger partial charge in [0.2, 0.25) is 5.91 Å². The molecule has 0 aliphatic carbocycles. The Labute approximate surface area is 165 Å². The first-order chi connectivity index (χ1) is 13.7. The average Bonchev–Trinajstić information content (AvgIpc) is 3.25. The number of carbonyl (C=O) groups excluding carboxylic acids is 1. The number of nitrogens with one attached hydrogen (secondary N) is 2. The Bertz CT molecular complexity index is 775. The lowest BCUT2D eigenvalue weighted by Gasteiger charge is -2.36. The van der Waals surface area contributed by atoms with E-state index in [2.05, 4.69) is 32.9 Å². The van der Waals surface area contributed by atoms with Crippen LogP contribution in [0.3, 0.4) is 0 Å². The van der Waals surface area contributed by atoms with Gasteiger partial charge in [0.1, 0.15) is 17.6 Å². The molecule has 0 spiro atoms. The second kappa shape index (κ2) is 8.58. The Morgan fingerprint density at radius 1 is 1.11 bits per heavy atom. The molecule has 7 heteroatoms. The van der Waals surface area contributed by atoms with Crippen LogP contribution in [0.1, 0.15) is 24.9 Å². The van der Waals surface area contributed by atoms with Crippen molar-refractivity contribution in [3.8, 4) is 5.75 Å². The van der Waals surface area contributed by atoms with Crippen LogP contribution in [0.4, 0.5) is 5.82 Å². The van der Waals surface area contributed by atoms with E-state index < -0.39 is 0 Å². The lowest BCUT2D eigenvalue weighted by molar-refractivity contribution is -0.133. The maximum Gasteiger partial charge on any atom is 0.241 e. The van der Waals surface area contributed by atoms with E-state index in [1.165, 1.54) is 0 Å². The molecule has 1 aromatic heterocycles. The van der Waals surface area contributed by atoms with Crippen molar-refractivity contribution in [2.75, 3.05) is 37.7 Å². The largest absolute Gasteiger partial charge is 0.494 e. The first kappa shape index (κ1) is 18.7. The lowest BCUT2D eigenvalue weighted by Crippen LogP contribution is -2.53. The second-order valence-electron chi connectivity index (χ2n) is 7.13. The third-order valence-electron chi connectivity index (χ3n) is 5.36. The molecule has 2 saturated heterocycles. The number of aromatic nitrogens is 1. The van der Waals surface area contributed by atoms with E-state index in [-0.39, 0.29) is 18.0 Å². The van der Waals surface area contributed by atoms with Crippen molar-refractivity contribution in [1.82, 2.24) is 20.7 Å². The molecule has 2 aromatic rings. The molecule has 1 aromatic carbocycles. The van der Waals surface area contributed by atoms with Gasteiger partial charge < -0.3 is 14.5 Å². The highest BCUT2D eigenvalue weighted by Crippen LogP contribution is 2.25. The Morgan fingerprint density at radius 2 is 1.89 bits per heavy atom. The monoisotopic (exact) mass is 381 g/mol. The van der Waals surface area contributed by atoms with Crippen LogP contribution in [0.2, 0.25) is 0 Å². The quantitative estimate of drug-likeness (QED) is 0.822. The number of piperazine rings is 1. The highest BCUT2D eigenvalue weighted by Gasteiger charge is 2.34. The predicted molar refractivity (Wildman–Crippen MR) is 108 cm³/mol. The Morgan fingerprint density at radius 3 is 2.57 bits per heavy atom. The van der Waals surface area contributed by atoms with Gasteiger partial charge in [-0.05, 0) is 43.2 Å². The molecule has 0 bridgehead atoms. The number of rotatable bonds is 5. The normalized spacial score (nSPS) is 22.3. The number of pyridine rings is 1. The van der Waals surface area contributed by atoms with Gasteiger partial charge in [-0.2, -0.15) is 0 Å². The maximum atomic E-state index is 12.9. The number of anilines is 1. The summed E-state index contributed by atoms with van der Waals surface area (Å²) < 4.78 is 5.50. The summed E-state index contributed by atoms with van der Waals surface area (Å²) in [5.74, 6) is 2.02. The summed E-state index contributed by atoms with van der Waals surface area (Å²) in [5.41, 5.74) is 7.62. The molecule has 4 rings (SSSR count). The molecule has 2 unspecified atom stereocenters. The first-order valence-corrected chi connectivity index (χ1v) is 9.93. The number of amides is 1. The van der Waals surface area contributed by atoms with E-state index in [0.717, 1.165) is 49.7 Å². The van der Waals surface area contributed by atoms with Gasteiger partial charge in [0.15, 0.2) is 0 Å². The van der Waals surface area contributed by atoms with Crippen LogP contribution in [0, 0.1) is 0 Å². The summed E-state index contributed by atoms with van der Waals surface area (Å²) in [6.07, 6.45) is 2.55. The number of hydrogen-bond acceptors (Lipinski definition) is 6. The van der Waals surface area contributed by atoms with Crippen molar-refractivity contribution in [1.29, 1.82) is 0 Å². The number of nitrogens with zero attached hydrogens (tertiary/aromatic N) is 3. The van der Waals surface area contributed by atoms with Crippen molar-refractivity contribution in [2.45, 2.75) is 25.4 Å². The van der Waals surface area contributed by atoms with E-state index in [1.807, 2.05) is 48.4 Å². The van der Waals surface area contributed by atoms with Crippen LogP contribution in [-0.2, 0) is 4.79 Å². The second-order valence-corrected chi connectivity index (χ2v) is 7.13. The van der Waals surface area contributed by atoms with Crippen LogP contribution in [0.15, 0.2) is 48.7 Å². The SMILES string of the molecule is CCOc1ccc(C2CC(C(=O)N3CCN(c4ccccn4)CC3)NN2)cc1. The Hall–Kier alpha value is -2.64. The molecule has 2 N–H and O–H groups in total. The summed E-state index contributed by atoms with van der Waals surface area (Å²) >= 11 is 0. The van der Waals surface area contributed by atoms with Gasteiger partial charge in [-0.1, -0.05) is 18.2 Å². The summed E-state index contributed by atoms with van der Waals surface area (Å²) in [7, 11) is 0. The third kappa shape index (κ3) is 4.10. The zero-order valence-electron chi connectivity index (χ0n) is 16.2. The molecule has 0 saturated carbocycles. The lowest BCUT2D eigenvalue weighted by atomic mass is 10.0. The molecule has 0 radical (unpaired) electrons. The van der Waals surface area contributed by atoms with Crippen molar-refractivity contribution in [3.05, 3.63) is 54.2 Å². The van der Waals surface area contributed by atoms with Gasteiger partial charge in [0, 0.05) is 38.4 Å². The van der Waals surface area contributed by atoms with Crippen molar-refractivity contribution in [2.24, 2.45) is 0 Å². The van der Waals surface area contributed by atoms with Crippen molar-refractivity contribution < 1.29 is 9.53 Å². The summed E-state index contributed by atoms with van der Waals surface area (Å²) in [4.78, 5) is 21.5. The van der Waals surface area contributed by atoms with Gasteiger partial charge in [-0.3, -0.25) is 4.79 Å².